The van der Waals surface area contributed by atoms with Crippen molar-refractivity contribution in [3.63, 3.8) is 0 Å². The van der Waals surface area contributed by atoms with Crippen LogP contribution >= 0.6 is 0 Å². The Morgan fingerprint density at radius 1 is 0.562 bits per heavy atom. The molecule has 1 aliphatic carbocycles. The van der Waals surface area contributed by atoms with Gasteiger partial charge in [0.05, 0.1) is 37.4 Å². The standard InChI is InChI=1S/C43H52O21/c1-16-29(45)32(48)35(51)41(59-16)61-21-9-5-19(6-10-21)25-27(39(54)56-4)26(20-7-11-22(12-8-20)62-42-36(52)33(49)30(46)17(2)60-42)28(25)40(55)58-15-24-31(47)34(50)37(53)43(63-24)64-38-18(3)57-14-13-23(38)44/h5-14,16-17,24-37,41-43,45-53H,15H2,1-4H3/t16-,17-,24+,25?,26?,27?,28?,29-,30-,31+,32+,33+,34-,35+,36+,37+,41-,42-,43-/m0/s1. The molecule has 21 nitrogen and oxygen atoms in total. The van der Waals surface area contributed by atoms with Gasteiger partial charge in [-0.1, -0.05) is 24.3 Å². The van der Waals surface area contributed by atoms with Gasteiger partial charge in [0.2, 0.25) is 30.0 Å². The zero-order chi connectivity index (χ0) is 46.3. The number of aliphatic hydroxyl groups is 9. The van der Waals surface area contributed by atoms with Gasteiger partial charge in [-0.3, -0.25) is 14.4 Å². The van der Waals surface area contributed by atoms with Crippen LogP contribution in [0.25, 0.3) is 0 Å². The first-order valence-corrected chi connectivity index (χ1v) is 20.5. The van der Waals surface area contributed by atoms with E-state index in [0.29, 0.717) is 11.1 Å². The lowest BCUT2D eigenvalue weighted by Crippen LogP contribution is -2.60. The number of carbonyl (C=O) groups excluding carboxylic acids is 2. The highest BCUT2D eigenvalue weighted by atomic mass is 16.7. The molecule has 3 aromatic rings. The Kier molecular flexibility index (Phi) is 14.3. The van der Waals surface area contributed by atoms with Crippen molar-refractivity contribution in [2.24, 2.45) is 11.8 Å². The molecule has 64 heavy (non-hydrogen) atoms. The maximum absolute atomic E-state index is 14.4. The first-order chi connectivity index (χ1) is 30.4. The van der Waals surface area contributed by atoms with Gasteiger partial charge in [0.1, 0.15) is 84.9 Å². The quantitative estimate of drug-likeness (QED) is 0.0895. The van der Waals surface area contributed by atoms with E-state index in [4.69, 9.17) is 42.3 Å². The second-order valence-corrected chi connectivity index (χ2v) is 16.3. The van der Waals surface area contributed by atoms with Crippen LogP contribution in [-0.2, 0) is 33.3 Å². The van der Waals surface area contributed by atoms with Crippen LogP contribution in [0.2, 0.25) is 0 Å². The minimum Gasteiger partial charge on any atom is -0.469 e. The first kappa shape index (κ1) is 47.2. The molecule has 2 aromatic carbocycles. The molecule has 0 radical (unpaired) electrons. The Hall–Kier alpha value is -4.75. The van der Waals surface area contributed by atoms with Crippen molar-refractivity contribution in [3.8, 4) is 17.2 Å². The smallest absolute Gasteiger partial charge is 0.310 e. The Labute approximate surface area is 364 Å². The lowest BCUT2D eigenvalue weighted by Gasteiger charge is -2.49. The fourth-order valence-corrected chi connectivity index (χ4v) is 8.50. The van der Waals surface area contributed by atoms with E-state index in [1.165, 1.54) is 52.1 Å². The number of hydrogen-bond donors (Lipinski definition) is 9. The fourth-order valence-electron chi connectivity index (χ4n) is 8.50. The molecular formula is C43H52O21. The second-order valence-electron chi connectivity index (χ2n) is 16.3. The van der Waals surface area contributed by atoms with Gasteiger partial charge in [-0.15, -0.1) is 0 Å². The summed E-state index contributed by atoms with van der Waals surface area (Å²) in [4.78, 5) is 40.5. The number of aryl methyl sites for hydroxylation is 1. The summed E-state index contributed by atoms with van der Waals surface area (Å²) in [7, 11) is 1.18. The summed E-state index contributed by atoms with van der Waals surface area (Å²) in [5, 5.41) is 93.9. The molecule has 4 aliphatic rings. The number of benzene rings is 2. The van der Waals surface area contributed by atoms with Gasteiger partial charge in [-0.05, 0) is 56.2 Å². The van der Waals surface area contributed by atoms with Gasteiger partial charge in [-0.2, -0.15) is 0 Å². The van der Waals surface area contributed by atoms with Crippen molar-refractivity contribution in [3.05, 3.63) is 88.0 Å². The van der Waals surface area contributed by atoms with E-state index >= 15 is 0 Å². The van der Waals surface area contributed by atoms with Crippen molar-refractivity contribution in [2.75, 3.05) is 13.7 Å². The Balaban J connectivity index is 1.15. The van der Waals surface area contributed by atoms with Gasteiger partial charge in [0, 0.05) is 17.9 Å². The molecular weight excluding hydrogens is 852 g/mol. The molecule has 21 heteroatoms. The van der Waals surface area contributed by atoms with Gasteiger partial charge in [0.15, 0.2) is 0 Å². The monoisotopic (exact) mass is 904 g/mol. The summed E-state index contributed by atoms with van der Waals surface area (Å²) in [6.07, 6.45) is -21.0. The summed E-state index contributed by atoms with van der Waals surface area (Å²) in [6, 6.07) is 13.2. The molecule has 4 heterocycles. The van der Waals surface area contributed by atoms with Gasteiger partial charge in [0.25, 0.3) is 0 Å². The lowest BCUT2D eigenvalue weighted by molar-refractivity contribution is -0.279. The highest BCUT2D eigenvalue weighted by Crippen LogP contribution is 2.58. The van der Waals surface area contributed by atoms with Crippen LogP contribution in [0.3, 0.4) is 0 Å². The highest BCUT2D eigenvalue weighted by Gasteiger charge is 2.60. The van der Waals surface area contributed by atoms with Crippen LogP contribution in [0.1, 0.15) is 42.6 Å². The predicted molar refractivity (Wildman–Crippen MR) is 211 cm³/mol. The van der Waals surface area contributed by atoms with Crippen LogP contribution in [-0.4, -0.2) is 164 Å². The molecule has 0 amide bonds. The zero-order valence-electron chi connectivity index (χ0n) is 34.9. The van der Waals surface area contributed by atoms with Crippen LogP contribution in [0.4, 0.5) is 0 Å². The Bertz CT molecular complexity index is 2040. The molecule has 3 saturated heterocycles. The van der Waals surface area contributed by atoms with E-state index in [0.717, 1.165) is 12.3 Å². The summed E-state index contributed by atoms with van der Waals surface area (Å²) >= 11 is 0. The van der Waals surface area contributed by atoms with Crippen molar-refractivity contribution in [2.45, 2.75) is 125 Å². The number of aliphatic hydroxyl groups excluding tert-OH is 9. The Morgan fingerprint density at radius 3 is 1.45 bits per heavy atom. The topological polar surface area (TPSA) is 320 Å². The molecule has 2 unspecified atom stereocenters. The summed E-state index contributed by atoms with van der Waals surface area (Å²) in [6.45, 7) is 3.72. The number of methoxy groups -OCH3 is 1. The van der Waals surface area contributed by atoms with Crippen molar-refractivity contribution >= 4 is 11.9 Å². The normalized spacial score (nSPS) is 38.6. The van der Waals surface area contributed by atoms with E-state index in [-0.39, 0.29) is 23.0 Å². The summed E-state index contributed by atoms with van der Waals surface area (Å²) in [5.41, 5.74) is 0.253. The average molecular weight is 905 g/mol. The van der Waals surface area contributed by atoms with Gasteiger partial charge < -0.3 is 88.3 Å². The average Bonchev–Trinajstić information content (AvgIpc) is 3.27. The maximum atomic E-state index is 14.4. The third-order valence-corrected chi connectivity index (χ3v) is 12.2. The summed E-state index contributed by atoms with van der Waals surface area (Å²) < 4.78 is 50.1. The molecule has 9 N–H and O–H groups in total. The number of hydrogen-bond acceptors (Lipinski definition) is 21. The second kappa shape index (κ2) is 19.4. The number of ether oxygens (including phenoxy) is 8. The van der Waals surface area contributed by atoms with Gasteiger partial charge >= 0.3 is 11.9 Å². The summed E-state index contributed by atoms with van der Waals surface area (Å²) in [5.74, 6) is -5.56. The zero-order valence-corrected chi connectivity index (χ0v) is 34.9. The van der Waals surface area contributed by atoms with E-state index in [1.54, 1.807) is 24.3 Å². The molecule has 0 bridgehead atoms. The minimum absolute atomic E-state index is 0.0367. The van der Waals surface area contributed by atoms with E-state index in [9.17, 15) is 60.3 Å². The molecule has 4 fully saturated rings. The number of carbonyl (C=O) groups is 2. The molecule has 0 spiro atoms. The molecule has 350 valence electrons. The first-order valence-electron chi connectivity index (χ1n) is 20.5. The van der Waals surface area contributed by atoms with Crippen molar-refractivity contribution in [1.82, 2.24) is 0 Å². The van der Waals surface area contributed by atoms with E-state index in [2.05, 4.69) is 0 Å². The van der Waals surface area contributed by atoms with Crippen molar-refractivity contribution in [1.29, 1.82) is 0 Å². The van der Waals surface area contributed by atoms with Gasteiger partial charge in [-0.25, -0.2) is 0 Å². The third-order valence-electron chi connectivity index (χ3n) is 12.2. The van der Waals surface area contributed by atoms with Crippen LogP contribution in [0.5, 0.6) is 17.2 Å². The van der Waals surface area contributed by atoms with E-state index in [1.807, 2.05) is 0 Å². The van der Waals surface area contributed by atoms with Crippen LogP contribution in [0, 0.1) is 18.8 Å². The minimum atomic E-state index is -1.87. The highest BCUT2D eigenvalue weighted by molar-refractivity contribution is 5.85. The Morgan fingerprint density at radius 2 is 1.00 bits per heavy atom. The lowest BCUT2D eigenvalue weighted by atomic mass is 9.52. The number of esters is 2. The molecule has 1 aromatic heterocycles. The van der Waals surface area contributed by atoms with Crippen LogP contribution in [0.15, 0.2) is 70.1 Å². The number of rotatable bonds is 12. The molecule has 17 atom stereocenters. The largest absolute Gasteiger partial charge is 0.469 e. The van der Waals surface area contributed by atoms with Crippen LogP contribution < -0.4 is 19.6 Å². The predicted octanol–water partition coefficient (Wildman–Crippen LogP) is -1.92. The van der Waals surface area contributed by atoms with Crippen molar-refractivity contribution < 1.29 is 97.9 Å². The molecule has 1 saturated carbocycles. The SMILES string of the molecule is COC(=O)C1C(c2ccc(O[C@@H]3O[C@@H](C)[C@H](O)[C@@H](O)[C@H]3O)cc2)C(C(=O)OC[C@H]2O[C@@H](Oc3c(C)occc3=O)[C@H](O)[C@@H](O)[C@@H]2O)C1c1ccc(O[C@@H]2O[C@@H](C)[C@H](O)[C@@H](O)[C@H]2O)cc1. The fraction of sp³-hybridized carbons (Fsp3) is 0.558. The van der Waals surface area contributed by atoms with E-state index < -0.39 is 140 Å². The maximum Gasteiger partial charge on any atom is 0.310 e. The molecule has 7 rings (SSSR count). The third kappa shape index (κ3) is 9.21. The molecule has 3 aliphatic heterocycles.